The van der Waals surface area contributed by atoms with Crippen LogP contribution >= 0.6 is 23.2 Å². The van der Waals surface area contributed by atoms with Gasteiger partial charge in [0.15, 0.2) is 0 Å². The Balaban J connectivity index is 3.06. The summed E-state index contributed by atoms with van der Waals surface area (Å²) in [5, 5.41) is 0. The van der Waals surface area contributed by atoms with Crippen LogP contribution in [0.1, 0.15) is 13.3 Å². The van der Waals surface area contributed by atoms with Crippen LogP contribution in [0.2, 0.25) is 0 Å². The molecule has 0 rings (SSSR count). The maximum Gasteiger partial charge on any atom is 0.0708 e. The van der Waals surface area contributed by atoms with E-state index in [1.54, 1.807) is 0 Å². The Morgan fingerprint density at radius 1 is 1.17 bits per heavy atom. The molecule has 0 unspecified atom stereocenters. The quantitative estimate of drug-likeness (QED) is 0.456. The van der Waals surface area contributed by atoms with Crippen LogP contribution in [0.15, 0.2) is 0 Å². The topological polar surface area (TPSA) is 18.5 Å². The van der Waals surface area contributed by atoms with E-state index in [9.17, 15) is 0 Å². The highest BCUT2D eigenvalue weighted by molar-refractivity contribution is 6.18. The molecule has 0 fully saturated rings. The zero-order valence-corrected chi connectivity index (χ0v) is 8.90. The number of hydrogen-bond acceptors (Lipinski definition) is 2. The summed E-state index contributed by atoms with van der Waals surface area (Å²) in [6, 6.07) is 0. The van der Waals surface area contributed by atoms with E-state index in [0.717, 1.165) is 6.42 Å². The van der Waals surface area contributed by atoms with Crippen LogP contribution in [-0.4, -0.2) is 37.7 Å². The molecule has 0 aromatic rings. The summed E-state index contributed by atoms with van der Waals surface area (Å²) in [5.74, 6) is 1.08. The molecule has 74 valence electrons. The van der Waals surface area contributed by atoms with Gasteiger partial charge in [0.1, 0.15) is 0 Å². The summed E-state index contributed by atoms with van der Waals surface area (Å²) in [5.41, 5.74) is 0. The Morgan fingerprint density at radius 2 is 1.92 bits per heavy atom. The van der Waals surface area contributed by atoms with E-state index in [4.69, 9.17) is 32.7 Å². The second-order valence-electron chi connectivity index (χ2n) is 2.36. The molecular formula is C8H16Cl2O2. The van der Waals surface area contributed by atoms with Gasteiger partial charge in [-0.05, 0) is 6.42 Å². The van der Waals surface area contributed by atoms with Gasteiger partial charge in [-0.2, -0.15) is 0 Å². The van der Waals surface area contributed by atoms with Crippen LogP contribution in [0.3, 0.4) is 0 Å². The number of halogens is 2. The Morgan fingerprint density at radius 3 is 2.42 bits per heavy atom. The predicted molar refractivity (Wildman–Crippen MR) is 52.3 cm³/mol. The van der Waals surface area contributed by atoms with Gasteiger partial charge in [-0.15, -0.1) is 23.2 Å². The maximum atomic E-state index is 5.62. The third kappa shape index (κ3) is 7.17. The minimum absolute atomic E-state index is 0.159. The van der Waals surface area contributed by atoms with Crippen molar-refractivity contribution in [1.29, 1.82) is 0 Å². The third-order valence-electron chi connectivity index (χ3n) is 1.43. The number of hydrogen-bond donors (Lipinski definition) is 0. The van der Waals surface area contributed by atoms with Gasteiger partial charge in [0.2, 0.25) is 0 Å². The van der Waals surface area contributed by atoms with Gasteiger partial charge in [-0.25, -0.2) is 0 Å². The lowest BCUT2D eigenvalue weighted by molar-refractivity contribution is 0.0161. The summed E-state index contributed by atoms with van der Waals surface area (Å²) in [6.45, 7) is 3.83. The van der Waals surface area contributed by atoms with Gasteiger partial charge < -0.3 is 9.47 Å². The average Bonchev–Trinajstić information content (AvgIpc) is 2.11. The van der Waals surface area contributed by atoms with Crippen LogP contribution in [0.25, 0.3) is 0 Å². The molecule has 2 nitrogen and oxygen atoms in total. The van der Waals surface area contributed by atoms with Crippen molar-refractivity contribution in [2.45, 2.75) is 19.4 Å². The molecule has 0 saturated heterocycles. The average molecular weight is 215 g/mol. The van der Waals surface area contributed by atoms with E-state index in [2.05, 4.69) is 0 Å². The summed E-state index contributed by atoms with van der Waals surface area (Å²) in [4.78, 5) is 0. The Kier molecular flexibility index (Phi) is 9.99. The molecule has 1 atom stereocenters. The zero-order chi connectivity index (χ0) is 9.23. The lowest BCUT2D eigenvalue weighted by Gasteiger charge is -2.12. The Labute approximate surface area is 84.1 Å². The fraction of sp³-hybridized carbons (Fsp3) is 1.00. The van der Waals surface area contributed by atoms with Crippen molar-refractivity contribution in [2.75, 3.05) is 31.6 Å². The third-order valence-corrected chi connectivity index (χ3v) is 1.93. The molecule has 4 heteroatoms. The first kappa shape index (κ1) is 12.5. The van der Waals surface area contributed by atoms with Gasteiger partial charge in [0, 0.05) is 11.8 Å². The molecule has 0 aromatic carbocycles. The van der Waals surface area contributed by atoms with Crippen molar-refractivity contribution in [3.05, 3.63) is 0 Å². The smallest absolute Gasteiger partial charge is 0.0708 e. The van der Waals surface area contributed by atoms with E-state index < -0.39 is 0 Å². The highest BCUT2D eigenvalue weighted by Gasteiger charge is 2.02. The first-order valence-corrected chi connectivity index (χ1v) is 5.23. The van der Waals surface area contributed by atoms with E-state index >= 15 is 0 Å². The van der Waals surface area contributed by atoms with Gasteiger partial charge >= 0.3 is 0 Å². The highest BCUT2D eigenvalue weighted by Crippen LogP contribution is 1.99. The molecule has 0 aliphatic rings. The molecule has 0 aromatic heterocycles. The van der Waals surface area contributed by atoms with Crippen molar-refractivity contribution < 1.29 is 9.47 Å². The summed E-state index contributed by atoms with van der Waals surface area (Å²) in [7, 11) is 0. The zero-order valence-electron chi connectivity index (χ0n) is 7.39. The lowest BCUT2D eigenvalue weighted by atomic mass is 10.3. The first-order valence-electron chi connectivity index (χ1n) is 4.16. The second-order valence-corrected chi connectivity index (χ2v) is 3.04. The number of alkyl halides is 2. The summed E-state index contributed by atoms with van der Waals surface area (Å²) in [6.07, 6.45) is 1.10. The van der Waals surface area contributed by atoms with Crippen molar-refractivity contribution >= 4 is 23.2 Å². The van der Waals surface area contributed by atoms with Crippen molar-refractivity contribution in [3.63, 3.8) is 0 Å². The van der Waals surface area contributed by atoms with Crippen LogP contribution in [-0.2, 0) is 9.47 Å². The van der Waals surface area contributed by atoms with Gasteiger partial charge in [-0.3, -0.25) is 0 Å². The molecule has 0 N–H and O–H groups in total. The van der Waals surface area contributed by atoms with E-state index in [0.29, 0.717) is 31.6 Å². The van der Waals surface area contributed by atoms with Gasteiger partial charge in [0.05, 0.1) is 25.9 Å². The molecule has 0 aliphatic carbocycles. The normalized spacial score (nSPS) is 13.2. The van der Waals surface area contributed by atoms with Crippen LogP contribution in [0.5, 0.6) is 0 Å². The fourth-order valence-corrected chi connectivity index (χ4v) is 1.12. The molecule has 0 bridgehead atoms. The Hall–Kier alpha value is 0.500. The standard InChI is InChI=1S/C8H16Cl2O2/c1-2-8(7-10)12-6-5-11-4-3-9/h8H,2-7H2,1H3/t8-/m1/s1. The number of ether oxygens (including phenoxy) is 2. The fourth-order valence-electron chi connectivity index (χ4n) is 0.702. The van der Waals surface area contributed by atoms with Gasteiger partial charge in [0.25, 0.3) is 0 Å². The molecule has 0 radical (unpaired) electrons. The van der Waals surface area contributed by atoms with Crippen molar-refractivity contribution in [1.82, 2.24) is 0 Å². The molecule has 0 amide bonds. The maximum absolute atomic E-state index is 5.62. The van der Waals surface area contributed by atoms with E-state index in [1.165, 1.54) is 0 Å². The predicted octanol–water partition coefficient (Wildman–Crippen LogP) is 2.28. The van der Waals surface area contributed by atoms with Crippen LogP contribution < -0.4 is 0 Å². The van der Waals surface area contributed by atoms with E-state index in [1.807, 2.05) is 6.92 Å². The number of rotatable bonds is 8. The van der Waals surface area contributed by atoms with Gasteiger partial charge in [-0.1, -0.05) is 6.92 Å². The molecule has 0 heterocycles. The van der Waals surface area contributed by atoms with Crippen molar-refractivity contribution in [2.24, 2.45) is 0 Å². The summed E-state index contributed by atoms with van der Waals surface area (Å²) >= 11 is 11.0. The minimum atomic E-state index is 0.159. The largest absolute Gasteiger partial charge is 0.378 e. The highest BCUT2D eigenvalue weighted by atomic mass is 35.5. The molecule has 0 aliphatic heterocycles. The van der Waals surface area contributed by atoms with Crippen molar-refractivity contribution in [3.8, 4) is 0 Å². The molecule has 12 heavy (non-hydrogen) atoms. The summed E-state index contributed by atoms with van der Waals surface area (Å²) < 4.78 is 10.5. The minimum Gasteiger partial charge on any atom is -0.378 e. The molecular weight excluding hydrogens is 199 g/mol. The first-order chi connectivity index (χ1) is 5.85. The SMILES string of the molecule is CC[C@H](CCl)OCCOCCCl. The molecule has 0 saturated carbocycles. The lowest BCUT2D eigenvalue weighted by Crippen LogP contribution is -2.17. The monoisotopic (exact) mass is 214 g/mol. The van der Waals surface area contributed by atoms with Crippen LogP contribution in [0.4, 0.5) is 0 Å². The molecule has 0 spiro atoms. The van der Waals surface area contributed by atoms with E-state index in [-0.39, 0.29) is 6.10 Å². The second kappa shape index (κ2) is 9.59. The van der Waals surface area contributed by atoms with Crippen LogP contribution in [0, 0.1) is 0 Å². The Bertz CT molecular complexity index is 87.1.